The Morgan fingerprint density at radius 3 is 2.87 bits per heavy atom. The monoisotopic (exact) mass is 206 g/mol. The number of nitrogens with one attached hydrogen (secondary N) is 1. The number of nitrogens with zero attached hydrogens (tertiary/aromatic N) is 1. The van der Waals surface area contributed by atoms with Gasteiger partial charge in [-0.1, -0.05) is 6.42 Å². The average Bonchev–Trinajstić information content (AvgIpc) is 2.78. The van der Waals surface area contributed by atoms with Crippen LogP contribution in [0.3, 0.4) is 0 Å². The van der Waals surface area contributed by atoms with Crippen molar-refractivity contribution in [2.75, 3.05) is 0 Å². The standard InChI is InChI=1S/C12H18N2O/c1-8(14-12(15)4-5-13)11-7-9-2-3-10(11)6-9/h8-11H,2-4,6-7H2,1H3,(H,14,15)/t8-,9+,10+,11-/m0/s1. The molecule has 82 valence electrons. The van der Waals surface area contributed by atoms with Crippen molar-refractivity contribution in [3.05, 3.63) is 0 Å². The van der Waals surface area contributed by atoms with Crippen LogP contribution in [0.15, 0.2) is 0 Å². The molecule has 3 heteroatoms. The Kier molecular flexibility index (Phi) is 2.95. The van der Waals surface area contributed by atoms with E-state index >= 15 is 0 Å². The number of carbonyl (C=O) groups is 1. The Hall–Kier alpha value is -1.04. The summed E-state index contributed by atoms with van der Waals surface area (Å²) >= 11 is 0. The van der Waals surface area contributed by atoms with Gasteiger partial charge in [-0.15, -0.1) is 0 Å². The summed E-state index contributed by atoms with van der Waals surface area (Å²) in [6, 6.07) is 2.14. The highest BCUT2D eigenvalue weighted by Crippen LogP contribution is 2.49. The predicted molar refractivity (Wildman–Crippen MR) is 56.8 cm³/mol. The number of amides is 1. The van der Waals surface area contributed by atoms with Gasteiger partial charge in [0.15, 0.2) is 0 Å². The van der Waals surface area contributed by atoms with E-state index in [9.17, 15) is 4.79 Å². The summed E-state index contributed by atoms with van der Waals surface area (Å²) in [6.45, 7) is 2.08. The number of fused-ring (bicyclic) bond motifs is 2. The van der Waals surface area contributed by atoms with Crippen LogP contribution in [0.4, 0.5) is 0 Å². The summed E-state index contributed by atoms with van der Waals surface area (Å²) in [5, 5.41) is 11.4. The highest BCUT2D eigenvalue weighted by molar-refractivity contribution is 5.78. The maximum absolute atomic E-state index is 11.3. The first-order valence-corrected chi connectivity index (χ1v) is 5.87. The fraction of sp³-hybridized carbons (Fsp3) is 0.833. The lowest BCUT2D eigenvalue weighted by Crippen LogP contribution is -2.39. The fourth-order valence-corrected chi connectivity index (χ4v) is 3.39. The molecule has 1 amide bonds. The minimum absolute atomic E-state index is 0.00877. The van der Waals surface area contributed by atoms with E-state index in [1.165, 1.54) is 25.7 Å². The molecule has 0 heterocycles. The minimum Gasteiger partial charge on any atom is -0.352 e. The van der Waals surface area contributed by atoms with Gasteiger partial charge in [0.2, 0.25) is 5.91 Å². The number of hydrogen-bond donors (Lipinski definition) is 1. The van der Waals surface area contributed by atoms with Gasteiger partial charge in [-0.3, -0.25) is 4.79 Å². The van der Waals surface area contributed by atoms with Gasteiger partial charge in [-0.25, -0.2) is 0 Å². The molecule has 0 aromatic heterocycles. The summed E-state index contributed by atoms with van der Waals surface area (Å²) in [6.07, 6.45) is 5.36. The van der Waals surface area contributed by atoms with Crippen molar-refractivity contribution in [3.63, 3.8) is 0 Å². The maximum atomic E-state index is 11.3. The molecule has 0 radical (unpaired) electrons. The predicted octanol–water partition coefficient (Wildman–Crippen LogP) is 1.84. The summed E-state index contributed by atoms with van der Waals surface area (Å²) < 4.78 is 0. The third-order valence-electron chi connectivity index (χ3n) is 4.06. The van der Waals surface area contributed by atoms with Gasteiger partial charge in [0.1, 0.15) is 6.42 Å². The molecule has 0 aliphatic heterocycles. The van der Waals surface area contributed by atoms with Gasteiger partial charge >= 0.3 is 0 Å². The minimum atomic E-state index is -0.118. The van der Waals surface area contributed by atoms with Gasteiger partial charge in [0, 0.05) is 6.04 Å². The molecule has 1 N–H and O–H groups in total. The van der Waals surface area contributed by atoms with Crippen molar-refractivity contribution < 1.29 is 4.79 Å². The molecular formula is C12H18N2O. The Balaban J connectivity index is 1.84. The van der Waals surface area contributed by atoms with E-state index in [2.05, 4.69) is 12.2 Å². The SMILES string of the molecule is C[C@H](NC(=O)CC#N)[C@@H]1C[C@@H]2CC[C@@H]1C2. The molecule has 2 rings (SSSR count). The van der Waals surface area contributed by atoms with E-state index in [4.69, 9.17) is 5.26 Å². The molecule has 2 bridgehead atoms. The van der Waals surface area contributed by atoms with Crippen molar-refractivity contribution in [3.8, 4) is 6.07 Å². The zero-order valence-corrected chi connectivity index (χ0v) is 9.20. The smallest absolute Gasteiger partial charge is 0.234 e. The molecule has 15 heavy (non-hydrogen) atoms. The number of hydrogen-bond acceptors (Lipinski definition) is 2. The normalized spacial score (nSPS) is 34.8. The Morgan fingerprint density at radius 1 is 1.53 bits per heavy atom. The first kappa shape index (κ1) is 10.5. The van der Waals surface area contributed by atoms with E-state index in [0.717, 1.165) is 11.8 Å². The molecule has 2 fully saturated rings. The Morgan fingerprint density at radius 2 is 2.33 bits per heavy atom. The molecular weight excluding hydrogens is 188 g/mol. The number of rotatable bonds is 3. The van der Waals surface area contributed by atoms with Gasteiger partial charge < -0.3 is 5.32 Å². The van der Waals surface area contributed by atoms with E-state index in [-0.39, 0.29) is 18.4 Å². The lowest BCUT2D eigenvalue weighted by molar-refractivity contribution is -0.121. The highest BCUT2D eigenvalue weighted by Gasteiger charge is 2.41. The van der Waals surface area contributed by atoms with Crippen LogP contribution in [0.2, 0.25) is 0 Å². The van der Waals surface area contributed by atoms with Crippen LogP contribution in [0.5, 0.6) is 0 Å². The molecule has 0 saturated heterocycles. The topological polar surface area (TPSA) is 52.9 Å². The highest BCUT2D eigenvalue weighted by atomic mass is 16.1. The van der Waals surface area contributed by atoms with Crippen LogP contribution in [-0.2, 0) is 4.79 Å². The van der Waals surface area contributed by atoms with Crippen LogP contribution in [0.1, 0.15) is 39.0 Å². The molecule has 2 aliphatic carbocycles. The lowest BCUT2D eigenvalue weighted by atomic mass is 9.84. The van der Waals surface area contributed by atoms with Crippen molar-refractivity contribution in [2.24, 2.45) is 17.8 Å². The van der Waals surface area contributed by atoms with Crippen LogP contribution in [-0.4, -0.2) is 11.9 Å². The van der Waals surface area contributed by atoms with Crippen LogP contribution in [0.25, 0.3) is 0 Å². The van der Waals surface area contributed by atoms with E-state index in [1.807, 2.05) is 6.07 Å². The second-order valence-corrected chi connectivity index (χ2v) is 5.03. The Labute approximate surface area is 90.8 Å². The zero-order valence-electron chi connectivity index (χ0n) is 9.20. The molecule has 0 aromatic rings. The summed E-state index contributed by atoms with van der Waals surface area (Å²) in [7, 11) is 0. The fourth-order valence-electron chi connectivity index (χ4n) is 3.39. The number of nitriles is 1. The summed E-state index contributed by atoms with van der Waals surface area (Å²) in [5.41, 5.74) is 0. The maximum Gasteiger partial charge on any atom is 0.234 e. The quantitative estimate of drug-likeness (QED) is 0.766. The van der Waals surface area contributed by atoms with E-state index in [1.54, 1.807) is 0 Å². The molecule has 0 spiro atoms. The molecule has 0 aromatic carbocycles. The Bertz CT molecular complexity index is 294. The molecule has 0 unspecified atom stereocenters. The van der Waals surface area contributed by atoms with Crippen LogP contribution in [0, 0.1) is 29.1 Å². The third-order valence-corrected chi connectivity index (χ3v) is 4.06. The largest absolute Gasteiger partial charge is 0.352 e. The van der Waals surface area contributed by atoms with Gasteiger partial charge in [0.25, 0.3) is 0 Å². The van der Waals surface area contributed by atoms with Crippen molar-refractivity contribution >= 4 is 5.91 Å². The van der Waals surface area contributed by atoms with Gasteiger partial charge in [-0.2, -0.15) is 5.26 Å². The lowest BCUT2D eigenvalue weighted by Gasteiger charge is -2.28. The number of carbonyl (C=O) groups excluding carboxylic acids is 1. The zero-order chi connectivity index (χ0) is 10.8. The van der Waals surface area contributed by atoms with Gasteiger partial charge in [0.05, 0.1) is 6.07 Å². The second-order valence-electron chi connectivity index (χ2n) is 5.03. The molecule has 4 atom stereocenters. The second kappa shape index (κ2) is 4.22. The summed E-state index contributed by atoms with van der Waals surface area (Å²) in [5.74, 6) is 2.28. The first-order chi connectivity index (χ1) is 7.20. The average molecular weight is 206 g/mol. The van der Waals surface area contributed by atoms with Crippen LogP contribution >= 0.6 is 0 Å². The van der Waals surface area contributed by atoms with Crippen molar-refractivity contribution in [1.82, 2.24) is 5.32 Å². The van der Waals surface area contributed by atoms with Gasteiger partial charge in [-0.05, 0) is 43.9 Å². The molecule has 3 nitrogen and oxygen atoms in total. The van der Waals surface area contributed by atoms with Crippen LogP contribution < -0.4 is 5.32 Å². The van der Waals surface area contributed by atoms with Crippen molar-refractivity contribution in [2.45, 2.75) is 45.1 Å². The van der Waals surface area contributed by atoms with Crippen molar-refractivity contribution in [1.29, 1.82) is 5.26 Å². The van der Waals surface area contributed by atoms with E-state index < -0.39 is 0 Å². The first-order valence-electron chi connectivity index (χ1n) is 5.87. The third kappa shape index (κ3) is 2.14. The molecule has 2 aliphatic rings. The molecule has 2 saturated carbocycles. The van der Waals surface area contributed by atoms with E-state index in [0.29, 0.717) is 5.92 Å². The summed E-state index contributed by atoms with van der Waals surface area (Å²) in [4.78, 5) is 11.3.